The summed E-state index contributed by atoms with van der Waals surface area (Å²) in [6, 6.07) is 4.50. The number of nitrogens with zero attached hydrogens (tertiary/aromatic N) is 1. The average molecular weight is 203 g/mol. The van der Waals surface area contributed by atoms with E-state index in [1.165, 1.54) is 19.2 Å². The normalized spacial score (nSPS) is 12.0. The van der Waals surface area contributed by atoms with Crippen LogP contribution in [0.25, 0.3) is 0 Å². The minimum absolute atomic E-state index is 0.417. The van der Waals surface area contributed by atoms with Crippen molar-refractivity contribution in [2.45, 2.75) is 6.18 Å². The highest BCUT2D eigenvalue weighted by molar-refractivity contribution is 5.55. The summed E-state index contributed by atoms with van der Waals surface area (Å²) in [5, 5.41) is 0. The van der Waals surface area contributed by atoms with Crippen molar-refractivity contribution in [2.24, 2.45) is 4.99 Å². The second kappa shape index (κ2) is 4.13. The molecule has 5 heteroatoms. The SMILES string of the molecule is COC=Nc1ccc(C(F)(F)F)cc1. The number of aliphatic imine (C=N–C) groups is 1. The van der Waals surface area contributed by atoms with Gasteiger partial charge < -0.3 is 4.74 Å². The van der Waals surface area contributed by atoms with Gasteiger partial charge in [-0.1, -0.05) is 0 Å². The van der Waals surface area contributed by atoms with Gasteiger partial charge in [0.05, 0.1) is 18.4 Å². The second-order valence-corrected chi connectivity index (χ2v) is 2.51. The Hall–Kier alpha value is -1.52. The molecule has 0 bridgehead atoms. The first-order valence-corrected chi connectivity index (χ1v) is 3.76. The number of hydrogen-bond donors (Lipinski definition) is 0. The zero-order valence-corrected chi connectivity index (χ0v) is 7.38. The summed E-state index contributed by atoms with van der Waals surface area (Å²) >= 11 is 0. The molecular formula is C9H8F3NO. The lowest BCUT2D eigenvalue weighted by Crippen LogP contribution is -2.03. The van der Waals surface area contributed by atoms with Gasteiger partial charge in [0, 0.05) is 0 Å². The number of methoxy groups -OCH3 is 1. The first kappa shape index (κ1) is 10.6. The van der Waals surface area contributed by atoms with Gasteiger partial charge in [-0.3, -0.25) is 0 Å². The van der Waals surface area contributed by atoms with Gasteiger partial charge >= 0.3 is 6.18 Å². The Kier molecular flexibility index (Phi) is 3.11. The van der Waals surface area contributed by atoms with Crippen LogP contribution in [-0.2, 0) is 10.9 Å². The van der Waals surface area contributed by atoms with E-state index in [0.717, 1.165) is 18.5 Å². The van der Waals surface area contributed by atoms with Crippen molar-refractivity contribution >= 4 is 12.1 Å². The van der Waals surface area contributed by atoms with Crippen molar-refractivity contribution in [3.05, 3.63) is 29.8 Å². The Morgan fingerprint density at radius 2 is 1.79 bits per heavy atom. The maximum atomic E-state index is 12.1. The Bertz CT molecular complexity index is 316. The van der Waals surface area contributed by atoms with Crippen LogP contribution in [0.2, 0.25) is 0 Å². The Balaban J connectivity index is 2.84. The molecular weight excluding hydrogens is 195 g/mol. The third kappa shape index (κ3) is 2.76. The highest BCUT2D eigenvalue weighted by Crippen LogP contribution is 2.30. The molecule has 0 atom stereocenters. The van der Waals surface area contributed by atoms with Crippen molar-refractivity contribution in [2.75, 3.05) is 7.11 Å². The summed E-state index contributed by atoms with van der Waals surface area (Å²) in [6.07, 6.45) is -3.15. The smallest absolute Gasteiger partial charge is 0.416 e. The molecule has 2 nitrogen and oxygen atoms in total. The molecule has 1 aromatic carbocycles. The van der Waals surface area contributed by atoms with Crippen LogP contribution in [0.15, 0.2) is 29.3 Å². The van der Waals surface area contributed by atoms with Crippen molar-refractivity contribution in [3.63, 3.8) is 0 Å². The largest absolute Gasteiger partial charge is 0.486 e. The van der Waals surface area contributed by atoms with Gasteiger partial charge in [0.1, 0.15) is 0 Å². The molecule has 0 aliphatic carbocycles. The maximum absolute atomic E-state index is 12.1. The van der Waals surface area contributed by atoms with Crippen molar-refractivity contribution < 1.29 is 17.9 Å². The van der Waals surface area contributed by atoms with E-state index in [1.807, 2.05) is 0 Å². The summed E-state index contributed by atoms with van der Waals surface area (Å²) in [5.41, 5.74) is -0.270. The number of halogens is 3. The van der Waals surface area contributed by atoms with Crippen molar-refractivity contribution in [1.29, 1.82) is 0 Å². The maximum Gasteiger partial charge on any atom is 0.416 e. The molecule has 0 fully saturated rings. The lowest BCUT2D eigenvalue weighted by molar-refractivity contribution is -0.137. The van der Waals surface area contributed by atoms with Crippen LogP contribution in [0, 0.1) is 0 Å². The van der Waals surface area contributed by atoms with Crippen molar-refractivity contribution in [3.8, 4) is 0 Å². The van der Waals surface area contributed by atoms with E-state index in [9.17, 15) is 13.2 Å². The minimum Gasteiger partial charge on any atom is -0.486 e. The molecule has 14 heavy (non-hydrogen) atoms. The lowest BCUT2D eigenvalue weighted by atomic mass is 10.2. The first-order valence-electron chi connectivity index (χ1n) is 3.76. The van der Waals surface area contributed by atoms with Gasteiger partial charge in [-0.25, -0.2) is 4.99 Å². The van der Waals surface area contributed by atoms with Crippen LogP contribution in [0.5, 0.6) is 0 Å². The number of benzene rings is 1. The van der Waals surface area contributed by atoms with E-state index in [1.54, 1.807) is 0 Å². The molecule has 1 rings (SSSR count). The van der Waals surface area contributed by atoms with E-state index in [4.69, 9.17) is 0 Å². The standard InChI is InChI=1S/C9H8F3NO/c1-14-6-13-8-4-2-7(3-5-8)9(10,11)12/h2-6H,1H3. The van der Waals surface area contributed by atoms with Gasteiger partial charge in [-0.2, -0.15) is 13.2 Å². The van der Waals surface area contributed by atoms with E-state index in [-0.39, 0.29) is 0 Å². The average Bonchev–Trinajstić information content (AvgIpc) is 2.14. The number of ether oxygens (including phenoxy) is 1. The van der Waals surface area contributed by atoms with E-state index in [0.29, 0.717) is 5.69 Å². The van der Waals surface area contributed by atoms with Crippen LogP contribution in [0.4, 0.5) is 18.9 Å². The monoisotopic (exact) mass is 203 g/mol. The van der Waals surface area contributed by atoms with Gasteiger partial charge in [0.15, 0.2) is 6.40 Å². The van der Waals surface area contributed by atoms with Gasteiger partial charge in [-0.15, -0.1) is 0 Å². The van der Waals surface area contributed by atoms with Crippen LogP contribution in [-0.4, -0.2) is 13.5 Å². The molecule has 0 N–H and O–H groups in total. The summed E-state index contributed by atoms with van der Waals surface area (Å²) in [7, 11) is 1.41. The summed E-state index contributed by atoms with van der Waals surface area (Å²) in [4.78, 5) is 3.73. The molecule has 0 aromatic heterocycles. The summed E-state index contributed by atoms with van der Waals surface area (Å²) in [5.74, 6) is 0. The van der Waals surface area contributed by atoms with Gasteiger partial charge in [-0.05, 0) is 24.3 Å². The van der Waals surface area contributed by atoms with Gasteiger partial charge in [0.2, 0.25) is 0 Å². The van der Waals surface area contributed by atoms with Crippen LogP contribution >= 0.6 is 0 Å². The zero-order valence-electron chi connectivity index (χ0n) is 7.38. The molecule has 0 unspecified atom stereocenters. The molecule has 0 amide bonds. The zero-order chi connectivity index (χ0) is 10.6. The van der Waals surface area contributed by atoms with E-state index >= 15 is 0 Å². The molecule has 0 aliphatic rings. The third-order valence-corrected chi connectivity index (χ3v) is 1.50. The third-order valence-electron chi connectivity index (χ3n) is 1.50. The topological polar surface area (TPSA) is 21.6 Å². The number of alkyl halides is 3. The summed E-state index contributed by atoms with van der Waals surface area (Å²) < 4.78 is 40.9. The lowest BCUT2D eigenvalue weighted by Gasteiger charge is -2.05. The molecule has 0 heterocycles. The Labute approximate surface area is 79.0 Å². The molecule has 0 radical (unpaired) electrons. The van der Waals surface area contributed by atoms with Crippen molar-refractivity contribution in [1.82, 2.24) is 0 Å². The van der Waals surface area contributed by atoms with E-state index < -0.39 is 11.7 Å². The predicted molar refractivity (Wildman–Crippen MR) is 46.6 cm³/mol. The highest BCUT2D eigenvalue weighted by atomic mass is 19.4. The Morgan fingerprint density at radius 3 is 2.21 bits per heavy atom. The molecule has 76 valence electrons. The minimum atomic E-state index is -4.30. The molecule has 0 saturated heterocycles. The molecule has 0 spiro atoms. The van der Waals surface area contributed by atoms with E-state index in [2.05, 4.69) is 9.73 Å². The predicted octanol–water partition coefficient (Wildman–Crippen LogP) is 3.01. The quantitative estimate of drug-likeness (QED) is 0.534. The number of rotatable bonds is 2. The van der Waals surface area contributed by atoms with Crippen LogP contribution in [0.1, 0.15) is 5.56 Å². The van der Waals surface area contributed by atoms with Gasteiger partial charge in [0.25, 0.3) is 0 Å². The number of hydrogen-bond acceptors (Lipinski definition) is 2. The fourth-order valence-electron chi connectivity index (χ4n) is 0.850. The fourth-order valence-corrected chi connectivity index (χ4v) is 0.850. The fraction of sp³-hybridized carbons (Fsp3) is 0.222. The molecule has 0 aliphatic heterocycles. The van der Waals surface area contributed by atoms with Crippen LogP contribution in [0.3, 0.4) is 0 Å². The van der Waals surface area contributed by atoms with Crippen LogP contribution < -0.4 is 0 Å². The summed E-state index contributed by atoms with van der Waals surface area (Å²) in [6.45, 7) is 0. The first-order chi connectivity index (χ1) is 6.54. The molecule has 0 saturated carbocycles. The molecule has 1 aromatic rings. The Morgan fingerprint density at radius 1 is 1.21 bits per heavy atom. The second-order valence-electron chi connectivity index (χ2n) is 2.51. The highest BCUT2D eigenvalue weighted by Gasteiger charge is 2.29.